The summed E-state index contributed by atoms with van der Waals surface area (Å²) in [7, 11) is 1.71. The van der Waals surface area contributed by atoms with E-state index in [1.807, 2.05) is 19.1 Å². The van der Waals surface area contributed by atoms with E-state index in [0.29, 0.717) is 6.54 Å². The van der Waals surface area contributed by atoms with Gasteiger partial charge in [-0.25, -0.2) is 0 Å². The zero-order valence-electron chi connectivity index (χ0n) is 11.8. The Hall–Kier alpha value is -1.33. The highest BCUT2D eigenvalue weighted by Gasteiger charge is 2.11. The van der Waals surface area contributed by atoms with E-state index in [0.717, 1.165) is 38.2 Å². The van der Waals surface area contributed by atoms with Crippen molar-refractivity contribution in [2.24, 2.45) is 0 Å². The molecule has 1 rings (SSSR count). The van der Waals surface area contributed by atoms with Gasteiger partial charge in [-0.05, 0) is 44.9 Å². The van der Waals surface area contributed by atoms with E-state index in [9.17, 15) is 4.79 Å². The van der Waals surface area contributed by atoms with Crippen LogP contribution in [0.15, 0.2) is 22.8 Å². The number of ether oxygens (including phenoxy) is 1. The molecule has 108 valence electrons. The molecule has 1 unspecified atom stereocenters. The molecule has 5 heteroatoms. The van der Waals surface area contributed by atoms with Crippen LogP contribution in [0.5, 0.6) is 0 Å². The van der Waals surface area contributed by atoms with Crippen molar-refractivity contribution < 1.29 is 13.9 Å². The molecule has 1 amide bonds. The van der Waals surface area contributed by atoms with Crippen LogP contribution in [0.4, 0.5) is 0 Å². The molecule has 0 bridgehead atoms. The Morgan fingerprint density at radius 3 is 2.95 bits per heavy atom. The number of methoxy groups -OCH3 is 1. The molecule has 5 nitrogen and oxygen atoms in total. The molecule has 1 atom stereocenters. The Balaban J connectivity index is 2.04. The van der Waals surface area contributed by atoms with Crippen molar-refractivity contribution in [2.75, 3.05) is 20.3 Å². The van der Waals surface area contributed by atoms with Crippen LogP contribution in [0.1, 0.15) is 31.9 Å². The topological polar surface area (TPSA) is 63.5 Å². The maximum Gasteiger partial charge on any atom is 0.237 e. The average Bonchev–Trinajstić information content (AvgIpc) is 2.93. The first-order valence-corrected chi connectivity index (χ1v) is 6.76. The van der Waals surface area contributed by atoms with Crippen LogP contribution in [-0.4, -0.2) is 32.2 Å². The van der Waals surface area contributed by atoms with Gasteiger partial charge < -0.3 is 19.8 Å². The molecule has 2 N–H and O–H groups in total. The zero-order chi connectivity index (χ0) is 13.9. The van der Waals surface area contributed by atoms with E-state index in [1.165, 1.54) is 0 Å². The molecule has 0 aliphatic heterocycles. The fraction of sp³-hybridized carbons (Fsp3) is 0.643. The molecule has 0 aliphatic carbocycles. The third-order valence-electron chi connectivity index (χ3n) is 2.89. The van der Waals surface area contributed by atoms with Crippen LogP contribution in [0, 0.1) is 0 Å². The standard InChI is InChI=1S/C14H24N2O3/c1-12(15-8-4-3-5-9-18-2)14(17)16-11-13-7-6-10-19-13/h6-7,10,12,15H,3-5,8-9,11H2,1-2H3,(H,16,17). The van der Waals surface area contributed by atoms with Gasteiger partial charge in [0.1, 0.15) is 5.76 Å². The van der Waals surface area contributed by atoms with E-state index < -0.39 is 0 Å². The SMILES string of the molecule is COCCCCCNC(C)C(=O)NCc1ccco1. The second-order valence-electron chi connectivity index (χ2n) is 4.53. The second kappa shape index (κ2) is 9.58. The number of carbonyl (C=O) groups is 1. The zero-order valence-corrected chi connectivity index (χ0v) is 11.8. The van der Waals surface area contributed by atoms with Crippen LogP contribution in [0.3, 0.4) is 0 Å². The number of furan rings is 1. The van der Waals surface area contributed by atoms with Gasteiger partial charge in [0.15, 0.2) is 0 Å². The maximum absolute atomic E-state index is 11.8. The van der Waals surface area contributed by atoms with Crippen molar-refractivity contribution in [3.8, 4) is 0 Å². The van der Waals surface area contributed by atoms with Crippen molar-refractivity contribution in [2.45, 2.75) is 38.8 Å². The third-order valence-corrected chi connectivity index (χ3v) is 2.89. The van der Waals surface area contributed by atoms with Gasteiger partial charge in [-0.2, -0.15) is 0 Å². The summed E-state index contributed by atoms with van der Waals surface area (Å²) >= 11 is 0. The summed E-state index contributed by atoms with van der Waals surface area (Å²) in [6, 6.07) is 3.47. The molecule has 19 heavy (non-hydrogen) atoms. The summed E-state index contributed by atoms with van der Waals surface area (Å²) in [5.41, 5.74) is 0. The normalized spacial score (nSPS) is 12.3. The van der Waals surface area contributed by atoms with Gasteiger partial charge >= 0.3 is 0 Å². The van der Waals surface area contributed by atoms with E-state index >= 15 is 0 Å². The fourth-order valence-electron chi connectivity index (χ4n) is 1.70. The van der Waals surface area contributed by atoms with Crippen LogP contribution in [0.2, 0.25) is 0 Å². The number of hydrogen-bond donors (Lipinski definition) is 2. The summed E-state index contributed by atoms with van der Waals surface area (Å²) < 4.78 is 10.1. The smallest absolute Gasteiger partial charge is 0.237 e. The van der Waals surface area contributed by atoms with Crippen molar-refractivity contribution in [3.63, 3.8) is 0 Å². The van der Waals surface area contributed by atoms with Crippen LogP contribution >= 0.6 is 0 Å². The summed E-state index contributed by atoms with van der Waals surface area (Å²) in [6.07, 6.45) is 4.83. The number of hydrogen-bond acceptors (Lipinski definition) is 4. The predicted molar refractivity (Wildman–Crippen MR) is 73.7 cm³/mol. The first-order chi connectivity index (χ1) is 9.24. The quantitative estimate of drug-likeness (QED) is 0.634. The molecule has 1 aromatic heterocycles. The molecule has 0 aromatic carbocycles. The molecular weight excluding hydrogens is 244 g/mol. The molecule has 0 fully saturated rings. The molecule has 0 radical (unpaired) electrons. The first-order valence-electron chi connectivity index (χ1n) is 6.76. The minimum Gasteiger partial charge on any atom is -0.467 e. The van der Waals surface area contributed by atoms with Gasteiger partial charge in [0.25, 0.3) is 0 Å². The number of nitrogens with one attached hydrogen (secondary N) is 2. The van der Waals surface area contributed by atoms with Gasteiger partial charge in [0, 0.05) is 13.7 Å². The number of rotatable bonds is 10. The van der Waals surface area contributed by atoms with Crippen molar-refractivity contribution in [1.82, 2.24) is 10.6 Å². The molecule has 0 aliphatic rings. The lowest BCUT2D eigenvalue weighted by Crippen LogP contribution is -2.42. The Morgan fingerprint density at radius 1 is 1.42 bits per heavy atom. The van der Waals surface area contributed by atoms with Gasteiger partial charge in [0.05, 0.1) is 18.8 Å². The molecule has 0 saturated heterocycles. The molecule has 0 saturated carbocycles. The Labute approximate surface area is 114 Å². The average molecular weight is 268 g/mol. The van der Waals surface area contributed by atoms with Crippen LogP contribution in [0.25, 0.3) is 0 Å². The van der Waals surface area contributed by atoms with Gasteiger partial charge in [0.2, 0.25) is 5.91 Å². The summed E-state index contributed by atoms with van der Waals surface area (Å²) in [5, 5.41) is 6.04. The molecule has 1 heterocycles. The highest BCUT2D eigenvalue weighted by Crippen LogP contribution is 1.99. The predicted octanol–water partition coefficient (Wildman–Crippen LogP) is 1.69. The number of unbranched alkanes of at least 4 members (excludes halogenated alkanes) is 2. The minimum atomic E-state index is -0.183. The number of carbonyl (C=O) groups excluding carboxylic acids is 1. The third kappa shape index (κ3) is 6.98. The minimum absolute atomic E-state index is 0.00621. The summed E-state index contributed by atoms with van der Waals surface area (Å²) in [5.74, 6) is 0.758. The van der Waals surface area contributed by atoms with E-state index in [1.54, 1.807) is 13.4 Å². The van der Waals surface area contributed by atoms with E-state index in [2.05, 4.69) is 10.6 Å². The van der Waals surface area contributed by atoms with Crippen molar-refractivity contribution in [3.05, 3.63) is 24.2 Å². The monoisotopic (exact) mass is 268 g/mol. The molecule has 1 aromatic rings. The molecular formula is C14H24N2O3. The van der Waals surface area contributed by atoms with Gasteiger partial charge in [-0.15, -0.1) is 0 Å². The van der Waals surface area contributed by atoms with Crippen molar-refractivity contribution >= 4 is 5.91 Å². The van der Waals surface area contributed by atoms with Gasteiger partial charge in [-0.3, -0.25) is 4.79 Å². The van der Waals surface area contributed by atoms with Crippen LogP contribution < -0.4 is 10.6 Å². The Morgan fingerprint density at radius 2 is 2.26 bits per heavy atom. The summed E-state index contributed by atoms with van der Waals surface area (Å²) in [4.78, 5) is 11.8. The summed E-state index contributed by atoms with van der Waals surface area (Å²) in [6.45, 7) is 3.95. The fourth-order valence-corrected chi connectivity index (χ4v) is 1.70. The van der Waals surface area contributed by atoms with Crippen molar-refractivity contribution in [1.29, 1.82) is 0 Å². The largest absolute Gasteiger partial charge is 0.467 e. The maximum atomic E-state index is 11.8. The highest BCUT2D eigenvalue weighted by atomic mass is 16.5. The lowest BCUT2D eigenvalue weighted by molar-refractivity contribution is -0.123. The van der Waals surface area contributed by atoms with Gasteiger partial charge in [-0.1, -0.05) is 0 Å². The lowest BCUT2D eigenvalue weighted by Gasteiger charge is -2.13. The Kier molecular flexibility index (Phi) is 7.93. The first kappa shape index (κ1) is 15.7. The van der Waals surface area contributed by atoms with E-state index in [-0.39, 0.29) is 11.9 Å². The van der Waals surface area contributed by atoms with Crippen LogP contribution in [-0.2, 0) is 16.1 Å². The second-order valence-corrected chi connectivity index (χ2v) is 4.53. The van der Waals surface area contributed by atoms with E-state index in [4.69, 9.17) is 9.15 Å². The molecule has 0 spiro atoms. The number of amides is 1. The lowest BCUT2D eigenvalue weighted by atomic mass is 10.2. The highest BCUT2D eigenvalue weighted by molar-refractivity contribution is 5.81. The Bertz CT molecular complexity index is 338.